The summed E-state index contributed by atoms with van der Waals surface area (Å²) in [6.07, 6.45) is 0. The van der Waals surface area contributed by atoms with E-state index in [1.54, 1.807) is 13.1 Å². The van der Waals surface area contributed by atoms with Crippen LogP contribution in [0.15, 0.2) is 0 Å². The highest BCUT2D eigenvalue weighted by Crippen LogP contribution is 2.07. The molecule has 62 heteroatoms. The van der Waals surface area contributed by atoms with E-state index in [0.29, 0.717) is 0 Å². The van der Waals surface area contributed by atoms with Crippen molar-refractivity contribution in [2.45, 2.75) is 32.7 Å². The van der Waals surface area contributed by atoms with E-state index in [1.807, 2.05) is 0 Å². The maximum Gasteiger partial charge on any atom is 0.381 e. The normalized spacial score (nSPS) is 11.1. The van der Waals surface area contributed by atoms with Crippen LogP contribution in [0.25, 0.3) is 0 Å². The average Bonchev–Trinajstić information content (AvgIpc) is 3.30. The number of hydrogen-bond donors (Lipinski definition) is 0. The van der Waals surface area contributed by atoms with Crippen molar-refractivity contribution in [2.24, 2.45) is 0 Å². The molecule has 0 heterocycles. The van der Waals surface area contributed by atoms with Crippen LogP contribution in [0, 0.1) is 0 Å². The predicted molar refractivity (Wildman–Crippen MR) is 242 cm³/mol. The first-order valence-corrected chi connectivity index (χ1v) is 95.3. The Kier molecular flexibility index (Phi) is 31.2. The molecule has 0 aromatic rings. The lowest BCUT2D eigenvalue weighted by molar-refractivity contribution is 0.531. The lowest BCUT2D eigenvalue weighted by Crippen LogP contribution is -2.58. The van der Waals surface area contributed by atoms with E-state index in [4.69, 9.17) is 8.23 Å². The lowest BCUT2D eigenvalue weighted by atomic mass is 11.9. The fourth-order valence-electron chi connectivity index (χ4n) is 3.83. The Bertz CT molecular complexity index is 2670. The van der Waals surface area contributed by atoms with E-state index in [2.05, 4.69) is 0 Å². The zero-order chi connectivity index (χ0) is 53.1. The first kappa shape index (κ1) is 68.3. The maximum atomic E-state index is 12.8. The largest absolute Gasteiger partial charge is 0.457 e. The second-order valence-electron chi connectivity index (χ2n) is 12.8. The van der Waals surface area contributed by atoms with E-state index in [9.17, 15) is 125 Å². The topological polar surface area (TPSA) is 496 Å². The molecule has 0 bridgehead atoms. The van der Waals surface area contributed by atoms with E-state index >= 15 is 0 Å². The van der Waals surface area contributed by atoms with E-state index in [0.717, 1.165) is 0 Å². The molecule has 0 saturated heterocycles. The Morgan fingerprint density at radius 1 is 0.328 bits per heavy atom. The summed E-state index contributed by atoms with van der Waals surface area (Å²) in [4.78, 5) is 0. The third kappa shape index (κ3) is 18.9. The summed E-state index contributed by atoms with van der Waals surface area (Å²) < 4.78 is 363. The highest BCUT2D eigenvalue weighted by atomic mass is 30.1. The van der Waals surface area contributed by atoms with Crippen molar-refractivity contribution in [3.05, 3.63) is 0 Å². The maximum absolute atomic E-state index is 12.8. The molecule has 0 spiro atoms. The Labute approximate surface area is 413 Å². The first-order valence-electron chi connectivity index (χ1n) is 16.9. The lowest BCUT2D eigenvalue weighted by Gasteiger charge is -2.21. The van der Waals surface area contributed by atoms with Crippen molar-refractivity contribution in [2.75, 3.05) is 0 Å². The van der Waals surface area contributed by atoms with Gasteiger partial charge in [-0.3, -0.25) is 0 Å². The van der Waals surface area contributed by atoms with Gasteiger partial charge in [-0.25, -0.2) is 0 Å². The molecule has 348 valence electrons. The summed E-state index contributed by atoms with van der Waals surface area (Å²) in [6.45, 7) is 7.51. The van der Waals surface area contributed by atoms with Gasteiger partial charge in [0.25, 0.3) is 8.92 Å². The molecule has 0 fully saturated rings. The van der Waals surface area contributed by atoms with Crippen LogP contribution in [-0.2, 0) is 133 Å². The molecule has 1 unspecified atom stereocenters. The standard InChI is InChI=1S/C5H20O30Si32/c1-38(2)35-67(4,5)66(33)65(32)64(31)63(30)62(29)61(28)60(27)59(26)58(25)57(24)56(23)55(22)54(21)53(20)52(19)51(18)50(17)49(16)48(15)47(14)46(13)45(12)44(11)43(10)42(9)41(8)40(7)37-34-39(3)36-6/h36,38-39H,37H2,1-5H3. The summed E-state index contributed by atoms with van der Waals surface area (Å²) >= 11 is 0. The van der Waals surface area contributed by atoms with Crippen LogP contribution < -0.4 is 0 Å². The summed E-state index contributed by atoms with van der Waals surface area (Å²) in [5.74, 6) is 0. The monoisotopic (exact) mass is 1460 g/mol. The van der Waals surface area contributed by atoms with Gasteiger partial charge >= 0.3 is 208 Å². The minimum Gasteiger partial charge on any atom is -0.457 e. The number of rotatable bonds is 33. The van der Waals surface area contributed by atoms with E-state index < -0.39 is 252 Å². The van der Waals surface area contributed by atoms with Crippen LogP contribution in [0.5, 0.6) is 0 Å². The zero-order valence-corrected chi connectivity index (χ0v) is 66.6. The van der Waals surface area contributed by atoms with Crippen LogP contribution in [-0.4, -0.2) is 252 Å². The smallest absolute Gasteiger partial charge is 0.381 e. The third-order valence-corrected chi connectivity index (χ3v) is 242. The van der Waals surface area contributed by atoms with Gasteiger partial charge in [0.15, 0.2) is 9.04 Å². The van der Waals surface area contributed by atoms with Gasteiger partial charge in [-0.15, -0.1) is 0 Å². The van der Waals surface area contributed by atoms with Crippen molar-refractivity contribution < 1.29 is 133 Å². The van der Waals surface area contributed by atoms with Gasteiger partial charge in [0.05, 0.1) is 0 Å². The summed E-state index contributed by atoms with van der Waals surface area (Å²) in [5, 5.41) is 0. The van der Waals surface area contributed by atoms with Gasteiger partial charge in [0.2, 0.25) is 25.7 Å². The van der Waals surface area contributed by atoms with Crippen molar-refractivity contribution in [3.63, 3.8) is 0 Å². The van der Waals surface area contributed by atoms with Crippen molar-refractivity contribution in [3.8, 4) is 0 Å². The molecular formula is C5H20O30Si32. The highest BCUT2D eigenvalue weighted by Gasteiger charge is 2.58. The summed E-state index contributed by atoms with van der Waals surface area (Å²) in [6, 6.07) is 0. The molecule has 30 nitrogen and oxygen atoms in total. The molecule has 0 N–H and O–H groups in total. The van der Waals surface area contributed by atoms with Gasteiger partial charge in [-0.2, -0.15) is 0 Å². The predicted octanol–water partition coefficient (Wildman–Crippen LogP) is -14.1. The summed E-state index contributed by atoms with van der Waals surface area (Å²) in [7, 11) is -128. The molecule has 0 rings (SSSR count). The van der Waals surface area contributed by atoms with Gasteiger partial charge < -0.3 is 133 Å². The second-order valence-corrected chi connectivity index (χ2v) is 164. The zero-order valence-electron chi connectivity index (χ0n) is 33.7. The molecule has 0 aromatic carbocycles. The van der Waals surface area contributed by atoms with Crippen LogP contribution in [0.2, 0.25) is 32.7 Å². The molecule has 0 aromatic heterocycles. The van der Waals surface area contributed by atoms with Crippen molar-refractivity contribution >= 4 is 252 Å². The molecule has 0 saturated carbocycles. The Hall–Kier alpha value is 1.26. The van der Waals surface area contributed by atoms with Crippen LogP contribution >= 0.6 is 0 Å². The van der Waals surface area contributed by atoms with E-state index in [1.165, 1.54) is 19.6 Å². The van der Waals surface area contributed by atoms with Gasteiger partial charge in [0, 0.05) is 0 Å². The number of hydrogen-bond acceptors (Lipinski definition) is 30. The van der Waals surface area contributed by atoms with Crippen LogP contribution in [0.3, 0.4) is 0 Å². The second kappa shape index (κ2) is 30.6. The van der Waals surface area contributed by atoms with E-state index in [-0.39, 0.29) is 0 Å². The Morgan fingerprint density at radius 3 is 0.687 bits per heavy atom. The molecule has 0 aliphatic carbocycles. The van der Waals surface area contributed by atoms with Crippen LogP contribution in [0.4, 0.5) is 0 Å². The van der Waals surface area contributed by atoms with Gasteiger partial charge in [0.1, 0.15) is 0 Å². The first-order chi connectivity index (χ1) is 30.5. The molecule has 0 aliphatic rings. The minimum absolute atomic E-state index is 1.37. The molecule has 67 heavy (non-hydrogen) atoms. The average molecular weight is 1460 g/mol. The molecule has 1 atom stereocenters. The fourth-order valence-corrected chi connectivity index (χ4v) is 352. The molecule has 0 aliphatic heterocycles. The van der Waals surface area contributed by atoms with Crippen molar-refractivity contribution in [1.29, 1.82) is 0 Å². The van der Waals surface area contributed by atoms with Crippen molar-refractivity contribution in [1.82, 2.24) is 0 Å². The minimum atomic E-state index is -4.66. The fraction of sp³-hybridized carbons (Fsp3) is 1.00. The molecule has 0 radical (unpaired) electrons. The SMILES string of the molecule is C[SiH](C)O[Si](C)(C)[Si](=O)[Si](=O)[Si](=O)[Si](=O)[Si](=O)[Si](=O)[Si](=O)[Si](=O)[Si](=O)[Si](=O)[Si](=O)[Si](=O)[Si](=O)[Si](=O)[Si](=O)[Si](=O)[Si](=O)[Si](=O)[Si](=O)[Si](=O)[Si](=O)[Si](=O)[Si](=O)[Si](=O)[Si](=O)[Si](=O)[Si](=O)[SiH2]O[SiH](C)[SiH]=O. The Morgan fingerprint density at radius 2 is 0.507 bits per heavy atom. The van der Waals surface area contributed by atoms with Crippen LogP contribution in [0.1, 0.15) is 0 Å². The molecule has 0 amide bonds. The van der Waals surface area contributed by atoms with Gasteiger partial charge in [-0.05, 0) is 32.7 Å². The molecular weight excluding hydrogens is 1440 g/mol. The Balaban J connectivity index is 5.86. The quantitative estimate of drug-likeness (QED) is 0.0551. The highest BCUT2D eigenvalue weighted by molar-refractivity contribution is 7.84. The summed E-state index contributed by atoms with van der Waals surface area (Å²) in [5.41, 5.74) is 0. The van der Waals surface area contributed by atoms with Gasteiger partial charge in [-0.1, -0.05) is 0 Å². The third-order valence-electron chi connectivity index (χ3n) is 7.16.